The Bertz CT molecular complexity index is 317. The van der Waals surface area contributed by atoms with E-state index in [-0.39, 0.29) is 30.5 Å². The molecule has 0 aromatic carbocycles. The van der Waals surface area contributed by atoms with Gasteiger partial charge in [0.15, 0.2) is 0 Å². The van der Waals surface area contributed by atoms with Crippen molar-refractivity contribution in [1.82, 2.24) is 4.90 Å². The number of carbonyl (C=O) groups is 2. The third-order valence-electron chi connectivity index (χ3n) is 3.82. The highest BCUT2D eigenvalue weighted by atomic mass is 16.2. The van der Waals surface area contributed by atoms with E-state index in [1.807, 2.05) is 13.8 Å². The largest absolute Gasteiger partial charge is 0.368 e. The minimum absolute atomic E-state index is 0.00379. The van der Waals surface area contributed by atoms with Gasteiger partial charge in [0.2, 0.25) is 11.8 Å². The zero-order valence-corrected chi connectivity index (χ0v) is 11.6. The molecule has 4 N–H and O–H groups in total. The van der Waals surface area contributed by atoms with Crippen molar-refractivity contribution >= 4 is 11.8 Å². The maximum absolute atomic E-state index is 12.4. The average Bonchev–Trinajstić information content (AvgIpc) is 2.28. The van der Waals surface area contributed by atoms with Crippen molar-refractivity contribution in [2.24, 2.45) is 23.3 Å². The smallest absolute Gasteiger partial charge is 0.237 e. The Morgan fingerprint density at radius 3 is 2.39 bits per heavy atom. The summed E-state index contributed by atoms with van der Waals surface area (Å²) < 4.78 is 0. The molecule has 0 aromatic heterocycles. The van der Waals surface area contributed by atoms with E-state index >= 15 is 0 Å². The van der Waals surface area contributed by atoms with Crippen LogP contribution in [-0.2, 0) is 9.59 Å². The Hall–Kier alpha value is -1.10. The van der Waals surface area contributed by atoms with Crippen LogP contribution in [0.4, 0.5) is 0 Å². The summed E-state index contributed by atoms with van der Waals surface area (Å²) in [5.74, 6) is -0.0722. The first-order valence-corrected chi connectivity index (χ1v) is 6.67. The van der Waals surface area contributed by atoms with Crippen molar-refractivity contribution in [1.29, 1.82) is 0 Å². The van der Waals surface area contributed by atoms with Crippen molar-refractivity contribution in [2.75, 3.05) is 6.54 Å². The molecule has 0 spiro atoms. The highest BCUT2D eigenvalue weighted by Gasteiger charge is 2.33. The molecule has 18 heavy (non-hydrogen) atoms. The zero-order chi connectivity index (χ0) is 13.9. The molecule has 0 radical (unpaired) electrons. The molecule has 0 saturated heterocycles. The second kappa shape index (κ2) is 6.18. The van der Waals surface area contributed by atoms with Crippen molar-refractivity contribution in [2.45, 2.75) is 52.1 Å². The Morgan fingerprint density at radius 1 is 1.33 bits per heavy atom. The number of primary amides is 1. The van der Waals surface area contributed by atoms with E-state index in [4.69, 9.17) is 11.5 Å². The highest BCUT2D eigenvalue weighted by molar-refractivity contribution is 5.85. The number of nitrogens with zero attached hydrogens (tertiary/aromatic N) is 1. The Kier molecular flexibility index (Phi) is 5.14. The average molecular weight is 255 g/mol. The number of hydrogen-bond acceptors (Lipinski definition) is 3. The normalized spacial score (nSPS) is 28.2. The van der Waals surface area contributed by atoms with Crippen molar-refractivity contribution in [3.8, 4) is 0 Å². The van der Waals surface area contributed by atoms with Gasteiger partial charge < -0.3 is 16.4 Å². The van der Waals surface area contributed by atoms with E-state index in [0.29, 0.717) is 5.92 Å². The van der Waals surface area contributed by atoms with E-state index in [1.165, 1.54) is 0 Å². The quantitative estimate of drug-likeness (QED) is 0.765. The Morgan fingerprint density at radius 2 is 1.94 bits per heavy atom. The van der Waals surface area contributed by atoms with Crippen LogP contribution < -0.4 is 11.5 Å². The molecule has 104 valence electrons. The van der Waals surface area contributed by atoms with Crippen LogP contribution >= 0.6 is 0 Å². The lowest BCUT2D eigenvalue weighted by atomic mass is 9.78. The number of hydrogen-bond donors (Lipinski definition) is 2. The summed E-state index contributed by atoms with van der Waals surface area (Å²) in [6.45, 7) is 5.89. The number of amides is 2. The molecule has 1 fully saturated rings. The maximum Gasteiger partial charge on any atom is 0.237 e. The number of nitrogens with two attached hydrogens (primary N) is 2. The van der Waals surface area contributed by atoms with Crippen LogP contribution in [0.3, 0.4) is 0 Å². The van der Waals surface area contributed by atoms with Crippen LogP contribution in [0.15, 0.2) is 0 Å². The van der Waals surface area contributed by atoms with Gasteiger partial charge in [-0.3, -0.25) is 9.59 Å². The predicted octanol–water partition coefficient (Wildman–Crippen LogP) is 0.472. The summed E-state index contributed by atoms with van der Waals surface area (Å²) in [6, 6.07) is 0.189. The lowest BCUT2D eigenvalue weighted by molar-refractivity contribution is -0.142. The van der Waals surface area contributed by atoms with Crippen LogP contribution in [0.2, 0.25) is 0 Å². The van der Waals surface area contributed by atoms with Gasteiger partial charge in [0.1, 0.15) is 0 Å². The molecule has 3 unspecified atom stereocenters. The molecule has 1 saturated carbocycles. The molecule has 0 aliphatic heterocycles. The van der Waals surface area contributed by atoms with Gasteiger partial charge in [-0.2, -0.15) is 0 Å². The zero-order valence-electron chi connectivity index (χ0n) is 11.6. The van der Waals surface area contributed by atoms with Crippen LogP contribution in [0.5, 0.6) is 0 Å². The molecule has 0 bridgehead atoms. The van der Waals surface area contributed by atoms with Gasteiger partial charge in [0.05, 0.1) is 6.54 Å². The molecule has 0 heterocycles. The van der Waals surface area contributed by atoms with Crippen LogP contribution in [0.25, 0.3) is 0 Å². The molecule has 1 rings (SSSR count). The van der Waals surface area contributed by atoms with Gasteiger partial charge in [0.25, 0.3) is 0 Å². The van der Waals surface area contributed by atoms with E-state index in [9.17, 15) is 9.59 Å². The van der Waals surface area contributed by atoms with E-state index < -0.39 is 5.91 Å². The van der Waals surface area contributed by atoms with Gasteiger partial charge >= 0.3 is 0 Å². The van der Waals surface area contributed by atoms with Crippen LogP contribution in [0.1, 0.15) is 40.0 Å². The number of carbonyl (C=O) groups excluding carboxylic acids is 2. The molecule has 5 heteroatoms. The predicted molar refractivity (Wildman–Crippen MR) is 70.5 cm³/mol. The highest BCUT2D eigenvalue weighted by Crippen LogP contribution is 2.29. The maximum atomic E-state index is 12.4. The summed E-state index contributed by atoms with van der Waals surface area (Å²) in [5, 5.41) is 0. The standard InChI is InChI=1S/C13H25N3O2/c1-8(2)16(7-12(15)17)13(18)10-4-5-11(14)9(3)6-10/h8-11H,4-7,14H2,1-3H3,(H2,15,17). The Balaban J connectivity index is 2.68. The molecule has 2 amide bonds. The van der Waals surface area contributed by atoms with E-state index in [0.717, 1.165) is 19.3 Å². The van der Waals surface area contributed by atoms with Gasteiger partial charge in [-0.05, 0) is 39.0 Å². The van der Waals surface area contributed by atoms with Crippen LogP contribution in [0, 0.1) is 11.8 Å². The summed E-state index contributed by atoms with van der Waals surface area (Å²) >= 11 is 0. The fourth-order valence-electron chi connectivity index (χ4n) is 2.56. The summed E-state index contributed by atoms with van der Waals surface area (Å²) in [4.78, 5) is 25.0. The van der Waals surface area contributed by atoms with Gasteiger partial charge in [-0.25, -0.2) is 0 Å². The summed E-state index contributed by atoms with van der Waals surface area (Å²) in [5.41, 5.74) is 11.2. The second-order valence-electron chi connectivity index (χ2n) is 5.68. The molecule has 1 aliphatic rings. The molecular formula is C13H25N3O2. The van der Waals surface area contributed by atoms with Crippen molar-refractivity contribution < 1.29 is 9.59 Å². The first-order chi connectivity index (χ1) is 8.32. The van der Waals surface area contributed by atoms with E-state index in [2.05, 4.69) is 6.92 Å². The molecule has 5 nitrogen and oxygen atoms in total. The molecular weight excluding hydrogens is 230 g/mol. The monoisotopic (exact) mass is 255 g/mol. The van der Waals surface area contributed by atoms with Crippen LogP contribution in [-0.4, -0.2) is 35.3 Å². The van der Waals surface area contributed by atoms with Gasteiger partial charge in [-0.1, -0.05) is 6.92 Å². The fraction of sp³-hybridized carbons (Fsp3) is 0.846. The first-order valence-electron chi connectivity index (χ1n) is 6.67. The van der Waals surface area contributed by atoms with Gasteiger partial charge in [0, 0.05) is 18.0 Å². The van der Waals surface area contributed by atoms with Gasteiger partial charge in [-0.15, -0.1) is 0 Å². The van der Waals surface area contributed by atoms with Crippen molar-refractivity contribution in [3.05, 3.63) is 0 Å². The fourth-order valence-corrected chi connectivity index (χ4v) is 2.56. The first kappa shape index (κ1) is 15.0. The molecule has 0 aromatic rings. The SMILES string of the molecule is CC1CC(C(=O)N(CC(N)=O)C(C)C)CCC1N. The Labute approximate surface area is 109 Å². The second-order valence-corrected chi connectivity index (χ2v) is 5.68. The minimum atomic E-state index is -0.461. The summed E-state index contributed by atoms with van der Waals surface area (Å²) in [6.07, 6.45) is 2.49. The molecule has 1 aliphatic carbocycles. The molecule has 3 atom stereocenters. The summed E-state index contributed by atoms with van der Waals surface area (Å²) in [7, 11) is 0. The minimum Gasteiger partial charge on any atom is -0.368 e. The topological polar surface area (TPSA) is 89.4 Å². The van der Waals surface area contributed by atoms with E-state index in [1.54, 1.807) is 4.90 Å². The van der Waals surface area contributed by atoms with Crippen molar-refractivity contribution in [3.63, 3.8) is 0 Å². The third-order valence-corrected chi connectivity index (χ3v) is 3.82. The number of rotatable bonds is 4. The lowest BCUT2D eigenvalue weighted by Crippen LogP contribution is -2.48. The third kappa shape index (κ3) is 3.70. The lowest BCUT2D eigenvalue weighted by Gasteiger charge is -2.35.